The van der Waals surface area contributed by atoms with E-state index >= 15 is 0 Å². The molecule has 2 fully saturated rings. The first-order valence-electron chi connectivity index (χ1n) is 4.60. The zero-order valence-electron chi connectivity index (χ0n) is 8.69. The Morgan fingerprint density at radius 3 is 2.11 bits per heavy atom. The topological polar surface area (TPSA) is 51.4 Å². The lowest BCUT2D eigenvalue weighted by Crippen LogP contribution is -2.49. The van der Waals surface area contributed by atoms with E-state index in [4.69, 9.17) is 0 Å². The summed E-state index contributed by atoms with van der Waals surface area (Å²) >= 11 is 0. The monoisotopic (exact) mass is 280 g/mol. The Labute approximate surface area is 95.8 Å². The minimum absolute atomic E-state index is 0.439. The molecule has 0 aromatic rings. The molecule has 0 bridgehead atoms. The average Bonchev–Trinajstić information content (AvgIpc) is 3.00. The summed E-state index contributed by atoms with van der Waals surface area (Å²) in [6, 6.07) is 0. The molecule has 2 aliphatic rings. The van der Waals surface area contributed by atoms with E-state index in [0.29, 0.717) is 6.92 Å². The van der Waals surface area contributed by atoms with Crippen LogP contribution in [0.25, 0.3) is 0 Å². The molecule has 10 heteroatoms. The Morgan fingerprint density at radius 2 is 1.83 bits per heavy atom. The third-order valence-electron chi connectivity index (χ3n) is 2.59. The molecule has 2 aliphatic heterocycles. The average molecular weight is 280 g/mol. The summed E-state index contributed by atoms with van der Waals surface area (Å²) in [7, 11) is 0. The van der Waals surface area contributed by atoms with Crippen LogP contribution in [0.1, 0.15) is 6.92 Å². The number of carbonyl (C=O) groups is 1. The lowest BCUT2D eigenvalue weighted by atomic mass is 10.0. The second-order valence-electron chi connectivity index (χ2n) is 3.88. The van der Waals surface area contributed by atoms with Crippen molar-refractivity contribution in [3.8, 4) is 0 Å². The summed E-state index contributed by atoms with van der Waals surface area (Å²) in [6.07, 6.45) is -11.7. The molecule has 2 saturated heterocycles. The molecule has 2 rings (SSSR count). The van der Waals surface area contributed by atoms with Crippen LogP contribution in [0.5, 0.6) is 0 Å². The van der Waals surface area contributed by atoms with Gasteiger partial charge in [0, 0.05) is 0 Å². The fourth-order valence-electron chi connectivity index (χ4n) is 1.41. The normalized spacial score (nSPS) is 41.6. The van der Waals surface area contributed by atoms with Crippen molar-refractivity contribution < 1.29 is 45.3 Å². The molecule has 18 heavy (non-hydrogen) atoms. The maximum absolute atomic E-state index is 13.3. The van der Waals surface area contributed by atoms with Crippen LogP contribution >= 0.6 is 0 Å². The summed E-state index contributed by atoms with van der Waals surface area (Å²) in [5.74, 6) is -4.80. The van der Waals surface area contributed by atoms with Crippen molar-refractivity contribution in [1.82, 2.24) is 0 Å². The molecule has 0 aliphatic carbocycles. The molecule has 3 unspecified atom stereocenters. The van der Waals surface area contributed by atoms with Crippen LogP contribution in [0.4, 0.5) is 26.3 Å². The summed E-state index contributed by atoms with van der Waals surface area (Å²) < 4.78 is 87.7. The molecule has 0 amide bonds. The smallest absolute Gasteiger partial charge is 0.311 e. The van der Waals surface area contributed by atoms with Crippen molar-refractivity contribution in [3.63, 3.8) is 0 Å². The van der Waals surface area contributed by atoms with Gasteiger partial charge in [0.05, 0.1) is 0 Å². The number of ketones is 1. The van der Waals surface area contributed by atoms with Gasteiger partial charge in [-0.3, -0.25) is 14.3 Å². The van der Waals surface area contributed by atoms with Crippen molar-refractivity contribution in [3.05, 3.63) is 0 Å². The van der Waals surface area contributed by atoms with Gasteiger partial charge in [-0.1, -0.05) is 0 Å². The number of hydrogen-bond donors (Lipinski definition) is 0. The Hall–Kier alpha value is -0.870. The van der Waals surface area contributed by atoms with Gasteiger partial charge >= 0.3 is 17.8 Å². The van der Waals surface area contributed by atoms with Crippen molar-refractivity contribution in [1.29, 1.82) is 0 Å². The van der Waals surface area contributed by atoms with E-state index in [1.54, 1.807) is 0 Å². The fraction of sp³-hybridized carbons (Fsp3) is 0.875. The molecular weight excluding hydrogens is 274 g/mol. The predicted octanol–water partition coefficient (Wildman–Crippen LogP) is 1.54. The van der Waals surface area contributed by atoms with E-state index in [2.05, 4.69) is 14.2 Å². The van der Waals surface area contributed by atoms with Gasteiger partial charge in [-0.15, -0.1) is 0 Å². The van der Waals surface area contributed by atoms with Gasteiger partial charge in [-0.2, -0.15) is 17.6 Å². The van der Waals surface area contributed by atoms with Crippen LogP contribution in [0.2, 0.25) is 0 Å². The molecule has 0 saturated carbocycles. The highest BCUT2D eigenvalue weighted by molar-refractivity contribution is 5.89. The highest BCUT2D eigenvalue weighted by Crippen LogP contribution is 2.60. The zero-order valence-corrected chi connectivity index (χ0v) is 8.69. The summed E-state index contributed by atoms with van der Waals surface area (Å²) in [4.78, 5) is 10.8. The van der Waals surface area contributed by atoms with Gasteiger partial charge in [-0.05, 0) is 6.92 Å². The number of rotatable bonds is 5. The number of ether oxygens (including phenoxy) is 3. The second kappa shape index (κ2) is 3.36. The summed E-state index contributed by atoms with van der Waals surface area (Å²) in [5.41, 5.74) is -3.79. The zero-order chi connectivity index (χ0) is 14.0. The molecule has 0 aromatic carbocycles. The molecule has 3 atom stereocenters. The number of Topliss-reactive ketones (excluding diaryl/α,β-unsaturated/α-hetero) is 1. The van der Waals surface area contributed by atoms with Crippen molar-refractivity contribution in [2.45, 2.75) is 37.0 Å². The van der Waals surface area contributed by atoms with Crippen LogP contribution in [0.15, 0.2) is 0 Å². The van der Waals surface area contributed by atoms with Gasteiger partial charge in [0.2, 0.25) is 0 Å². The molecular formula is C8H6F6O4. The predicted molar refractivity (Wildman–Crippen MR) is 40.2 cm³/mol. The lowest BCUT2D eigenvalue weighted by Gasteiger charge is -2.21. The Kier molecular flexibility index (Phi) is 2.53. The maximum atomic E-state index is 13.3. The molecule has 0 aromatic heterocycles. The first kappa shape index (κ1) is 13.6. The second-order valence-corrected chi connectivity index (χ2v) is 3.88. The SMILES string of the molecule is CC(=O)C1(C(F)(F)OCC2(F)OC2F)OC1(F)F. The van der Waals surface area contributed by atoms with Gasteiger partial charge < -0.3 is 4.74 Å². The highest BCUT2D eigenvalue weighted by Gasteiger charge is 2.90. The van der Waals surface area contributed by atoms with E-state index in [-0.39, 0.29) is 0 Å². The highest BCUT2D eigenvalue weighted by atomic mass is 19.3. The van der Waals surface area contributed by atoms with E-state index in [0.717, 1.165) is 0 Å². The van der Waals surface area contributed by atoms with E-state index < -0.39 is 42.4 Å². The van der Waals surface area contributed by atoms with Gasteiger partial charge in [0.25, 0.3) is 12.2 Å². The van der Waals surface area contributed by atoms with Crippen molar-refractivity contribution >= 4 is 5.78 Å². The number of alkyl halides is 6. The number of halogens is 6. The molecule has 0 spiro atoms. The van der Waals surface area contributed by atoms with E-state index in [1.165, 1.54) is 0 Å². The number of carbonyl (C=O) groups excluding carboxylic acids is 1. The Bertz CT molecular complexity index is 401. The van der Waals surface area contributed by atoms with Crippen molar-refractivity contribution in [2.24, 2.45) is 0 Å². The Balaban J connectivity index is 2.09. The molecule has 0 radical (unpaired) electrons. The first-order valence-corrected chi connectivity index (χ1v) is 4.60. The van der Waals surface area contributed by atoms with Gasteiger partial charge in [0.1, 0.15) is 6.61 Å². The van der Waals surface area contributed by atoms with Crippen LogP contribution < -0.4 is 0 Å². The largest absolute Gasteiger partial charge is 0.402 e. The summed E-state index contributed by atoms with van der Waals surface area (Å²) in [5, 5.41) is 0. The fourth-order valence-corrected chi connectivity index (χ4v) is 1.41. The van der Waals surface area contributed by atoms with Crippen LogP contribution in [-0.2, 0) is 19.0 Å². The first-order chi connectivity index (χ1) is 7.99. The standard InChI is InChI=1S/C8H6F6O4/c1-3(15)6(8(13,14)18-6)7(11,12)16-2-5(10)4(9)17-5/h4H,2H2,1H3. The number of hydrogen-bond acceptors (Lipinski definition) is 4. The Morgan fingerprint density at radius 1 is 1.39 bits per heavy atom. The molecule has 2 heterocycles. The van der Waals surface area contributed by atoms with Crippen molar-refractivity contribution in [2.75, 3.05) is 6.61 Å². The van der Waals surface area contributed by atoms with Gasteiger partial charge in [0.15, 0.2) is 5.78 Å². The third kappa shape index (κ3) is 1.62. The third-order valence-corrected chi connectivity index (χ3v) is 2.59. The molecule has 0 N–H and O–H groups in total. The minimum atomic E-state index is -4.81. The summed E-state index contributed by atoms with van der Waals surface area (Å²) in [6.45, 7) is -1.20. The lowest BCUT2D eigenvalue weighted by molar-refractivity contribution is -0.284. The quantitative estimate of drug-likeness (QED) is 0.566. The van der Waals surface area contributed by atoms with Crippen LogP contribution in [0, 0.1) is 0 Å². The van der Waals surface area contributed by atoms with Gasteiger partial charge in [-0.25, -0.2) is 8.78 Å². The maximum Gasteiger partial charge on any atom is 0.402 e. The van der Waals surface area contributed by atoms with Crippen LogP contribution in [0.3, 0.4) is 0 Å². The molecule has 4 nitrogen and oxygen atoms in total. The van der Waals surface area contributed by atoms with E-state index in [9.17, 15) is 31.1 Å². The minimum Gasteiger partial charge on any atom is -0.311 e. The number of epoxide rings is 2. The molecule has 104 valence electrons. The van der Waals surface area contributed by atoms with Crippen LogP contribution in [-0.4, -0.2) is 42.4 Å². The van der Waals surface area contributed by atoms with E-state index in [1.807, 2.05) is 0 Å².